The first kappa shape index (κ1) is 17.3. The quantitative estimate of drug-likeness (QED) is 0.440. The second-order valence-corrected chi connectivity index (χ2v) is 6.15. The van der Waals surface area contributed by atoms with E-state index < -0.39 is 0 Å². The van der Waals surface area contributed by atoms with E-state index in [9.17, 15) is 9.90 Å². The summed E-state index contributed by atoms with van der Waals surface area (Å²) in [4.78, 5) is 11.7. The van der Waals surface area contributed by atoms with Gasteiger partial charge in [-0.1, -0.05) is 12.1 Å². The highest BCUT2D eigenvalue weighted by molar-refractivity contribution is 14.1. The summed E-state index contributed by atoms with van der Waals surface area (Å²) in [5.74, 6) is 0.571. The first-order valence-corrected chi connectivity index (χ1v) is 8.04. The molecule has 2 rings (SSSR count). The molecule has 0 spiro atoms. The predicted octanol–water partition coefficient (Wildman–Crippen LogP) is 3.14. The van der Waals surface area contributed by atoms with Crippen LogP contribution in [0.25, 0.3) is 0 Å². The first-order chi connectivity index (χ1) is 11.0. The Morgan fingerprint density at radius 3 is 2.87 bits per heavy atom. The number of carbonyl (C=O) groups excluding carboxylic acids is 1. The average Bonchev–Trinajstić information content (AvgIpc) is 2.52. The highest BCUT2D eigenvalue weighted by Crippen LogP contribution is 2.20. The van der Waals surface area contributed by atoms with Gasteiger partial charge in [0.1, 0.15) is 11.5 Å². The van der Waals surface area contributed by atoms with Crippen molar-refractivity contribution in [3.63, 3.8) is 0 Å². The minimum absolute atomic E-state index is 0.102. The van der Waals surface area contributed by atoms with Gasteiger partial charge in [-0.15, -0.1) is 0 Å². The summed E-state index contributed by atoms with van der Waals surface area (Å²) in [6.45, 7) is 3.84. The lowest BCUT2D eigenvalue weighted by atomic mass is 10.1. The number of benzene rings is 2. The largest absolute Gasteiger partial charge is 0.507 e. The molecule has 5 nitrogen and oxygen atoms in total. The standard InChI is InChI=1S/C17H17IN2O3/c1-11-4-3-5-16(12(11)2)23-10-17(22)20-19-9-13-6-7-15(21)14(18)8-13/h3-9,21H,10H2,1-2H3,(H,20,22)/b19-9+. The van der Waals surface area contributed by atoms with Crippen LogP contribution in [0, 0.1) is 17.4 Å². The Labute approximate surface area is 148 Å². The summed E-state index contributed by atoms with van der Waals surface area (Å²) in [5.41, 5.74) is 5.32. The number of aromatic hydroxyl groups is 1. The normalized spacial score (nSPS) is 10.7. The monoisotopic (exact) mass is 424 g/mol. The molecule has 0 aliphatic rings. The highest BCUT2D eigenvalue weighted by Gasteiger charge is 2.05. The van der Waals surface area contributed by atoms with E-state index >= 15 is 0 Å². The minimum Gasteiger partial charge on any atom is -0.507 e. The van der Waals surface area contributed by atoms with Gasteiger partial charge in [0, 0.05) is 0 Å². The molecule has 23 heavy (non-hydrogen) atoms. The molecule has 1 amide bonds. The number of hydrogen-bond acceptors (Lipinski definition) is 4. The van der Waals surface area contributed by atoms with Crippen molar-refractivity contribution in [3.8, 4) is 11.5 Å². The van der Waals surface area contributed by atoms with E-state index in [-0.39, 0.29) is 18.3 Å². The van der Waals surface area contributed by atoms with E-state index in [0.29, 0.717) is 5.75 Å². The Bertz CT molecular complexity index is 745. The number of nitrogens with one attached hydrogen (secondary N) is 1. The molecule has 2 N–H and O–H groups in total. The number of aryl methyl sites for hydroxylation is 1. The number of nitrogens with zero attached hydrogens (tertiary/aromatic N) is 1. The number of amides is 1. The Kier molecular flexibility index (Phi) is 5.97. The van der Waals surface area contributed by atoms with Gasteiger partial charge in [-0.3, -0.25) is 4.79 Å². The molecule has 0 fully saturated rings. The lowest BCUT2D eigenvalue weighted by Crippen LogP contribution is -2.24. The SMILES string of the molecule is Cc1cccc(OCC(=O)N/N=C/c2ccc(O)c(I)c2)c1C. The number of carbonyl (C=O) groups is 1. The predicted molar refractivity (Wildman–Crippen MR) is 98.0 cm³/mol. The molecule has 0 aromatic heterocycles. The Hall–Kier alpha value is -2.09. The number of phenolic OH excluding ortho intramolecular Hbond substituents is 1. The Morgan fingerprint density at radius 1 is 1.35 bits per heavy atom. The maximum atomic E-state index is 11.7. The second kappa shape index (κ2) is 7.96. The number of phenols is 1. The Balaban J connectivity index is 1.86. The van der Waals surface area contributed by atoms with Crippen LogP contribution in [-0.4, -0.2) is 23.8 Å². The van der Waals surface area contributed by atoms with Crippen LogP contribution in [0.4, 0.5) is 0 Å². The molecule has 6 heteroatoms. The summed E-state index contributed by atoms with van der Waals surface area (Å²) in [7, 11) is 0. The van der Waals surface area contributed by atoms with Gasteiger partial charge in [-0.2, -0.15) is 5.10 Å². The summed E-state index contributed by atoms with van der Waals surface area (Å²) in [6, 6.07) is 10.8. The summed E-state index contributed by atoms with van der Waals surface area (Å²) >= 11 is 2.02. The fourth-order valence-corrected chi connectivity index (χ4v) is 2.38. The zero-order valence-corrected chi connectivity index (χ0v) is 15.0. The van der Waals surface area contributed by atoms with Crippen LogP contribution < -0.4 is 10.2 Å². The van der Waals surface area contributed by atoms with E-state index in [1.807, 2.05) is 54.6 Å². The van der Waals surface area contributed by atoms with Crippen molar-refractivity contribution >= 4 is 34.7 Å². The van der Waals surface area contributed by atoms with E-state index in [4.69, 9.17) is 4.74 Å². The molecule has 0 radical (unpaired) electrons. The van der Waals surface area contributed by atoms with Gasteiger partial charge in [-0.25, -0.2) is 5.43 Å². The molecule has 120 valence electrons. The summed E-state index contributed by atoms with van der Waals surface area (Å²) in [6.07, 6.45) is 1.51. The fourth-order valence-electron chi connectivity index (χ4n) is 1.84. The van der Waals surface area contributed by atoms with Gasteiger partial charge in [0.15, 0.2) is 6.61 Å². The summed E-state index contributed by atoms with van der Waals surface area (Å²) in [5, 5.41) is 13.3. The number of ether oxygens (including phenoxy) is 1. The van der Waals surface area contributed by atoms with Gasteiger partial charge in [0.2, 0.25) is 0 Å². The molecular formula is C17H17IN2O3. The van der Waals surface area contributed by atoms with Crippen molar-refractivity contribution in [1.82, 2.24) is 5.43 Å². The van der Waals surface area contributed by atoms with Crippen molar-refractivity contribution < 1.29 is 14.6 Å². The smallest absolute Gasteiger partial charge is 0.277 e. The molecule has 2 aromatic carbocycles. The second-order valence-electron chi connectivity index (χ2n) is 4.99. The molecule has 2 aromatic rings. The third kappa shape index (κ3) is 4.95. The van der Waals surface area contributed by atoms with Crippen LogP contribution in [0.15, 0.2) is 41.5 Å². The van der Waals surface area contributed by atoms with Gasteiger partial charge in [0.25, 0.3) is 5.91 Å². The van der Waals surface area contributed by atoms with E-state index in [1.165, 1.54) is 6.21 Å². The van der Waals surface area contributed by atoms with Gasteiger partial charge >= 0.3 is 0 Å². The van der Waals surface area contributed by atoms with Crippen molar-refractivity contribution in [1.29, 1.82) is 0 Å². The highest BCUT2D eigenvalue weighted by atomic mass is 127. The van der Waals surface area contributed by atoms with Crippen LogP contribution in [0.5, 0.6) is 11.5 Å². The van der Waals surface area contributed by atoms with Crippen LogP contribution in [0.3, 0.4) is 0 Å². The number of rotatable bonds is 5. The topological polar surface area (TPSA) is 70.9 Å². The van der Waals surface area contributed by atoms with E-state index in [2.05, 4.69) is 10.5 Å². The van der Waals surface area contributed by atoms with Crippen LogP contribution in [0.1, 0.15) is 16.7 Å². The van der Waals surface area contributed by atoms with Gasteiger partial charge in [0.05, 0.1) is 9.78 Å². The Morgan fingerprint density at radius 2 is 2.13 bits per heavy atom. The van der Waals surface area contributed by atoms with Crippen molar-refractivity contribution in [2.75, 3.05) is 6.61 Å². The third-order valence-electron chi connectivity index (χ3n) is 3.29. The van der Waals surface area contributed by atoms with Crippen molar-refractivity contribution in [2.24, 2.45) is 5.10 Å². The maximum Gasteiger partial charge on any atom is 0.277 e. The molecule has 0 unspecified atom stereocenters. The first-order valence-electron chi connectivity index (χ1n) is 6.97. The molecule has 0 saturated heterocycles. The average molecular weight is 424 g/mol. The molecule has 0 aliphatic carbocycles. The third-order valence-corrected chi connectivity index (χ3v) is 4.15. The molecule has 0 saturated carbocycles. The zero-order valence-electron chi connectivity index (χ0n) is 12.8. The lowest BCUT2D eigenvalue weighted by molar-refractivity contribution is -0.123. The number of hydrazone groups is 1. The van der Waals surface area contributed by atoms with E-state index in [0.717, 1.165) is 20.3 Å². The molecule has 0 heterocycles. The lowest BCUT2D eigenvalue weighted by Gasteiger charge is -2.09. The molecule has 0 aliphatic heterocycles. The minimum atomic E-state index is -0.337. The van der Waals surface area contributed by atoms with E-state index in [1.54, 1.807) is 18.2 Å². The van der Waals surface area contributed by atoms with Crippen LogP contribution in [-0.2, 0) is 4.79 Å². The number of hydrogen-bond donors (Lipinski definition) is 2. The number of halogens is 1. The molecule has 0 atom stereocenters. The van der Waals surface area contributed by atoms with Gasteiger partial charge < -0.3 is 9.84 Å². The fraction of sp³-hybridized carbons (Fsp3) is 0.176. The summed E-state index contributed by atoms with van der Waals surface area (Å²) < 4.78 is 6.22. The molecular weight excluding hydrogens is 407 g/mol. The van der Waals surface area contributed by atoms with Crippen LogP contribution in [0.2, 0.25) is 0 Å². The molecule has 0 bridgehead atoms. The van der Waals surface area contributed by atoms with Gasteiger partial charge in [-0.05, 0) is 77.4 Å². The van der Waals surface area contributed by atoms with Crippen molar-refractivity contribution in [2.45, 2.75) is 13.8 Å². The zero-order chi connectivity index (χ0) is 16.8. The van der Waals surface area contributed by atoms with Crippen LogP contribution >= 0.6 is 22.6 Å². The maximum absolute atomic E-state index is 11.7. The van der Waals surface area contributed by atoms with Crippen molar-refractivity contribution in [3.05, 3.63) is 56.7 Å².